The number of hydrogen-bond acceptors (Lipinski definition) is 20. The van der Waals surface area contributed by atoms with Crippen LogP contribution in [0, 0.1) is 20.9 Å². The number of aliphatic hydroxyl groups excluding tert-OH is 4. The quantitative estimate of drug-likeness (QED) is 0.0915. The molecule has 8 aliphatic rings. The van der Waals surface area contributed by atoms with Crippen molar-refractivity contribution in [1.82, 2.24) is 9.97 Å². The lowest BCUT2D eigenvalue weighted by molar-refractivity contribution is 0.111. The average molecular weight is 1160 g/mol. The molecule has 2 unspecified atom stereocenters. The summed E-state index contributed by atoms with van der Waals surface area (Å²) in [6.07, 6.45) is 0.922. The molecular formula is C52H30Br2N2O20. The van der Waals surface area contributed by atoms with E-state index in [2.05, 4.69) is 38.2 Å². The summed E-state index contributed by atoms with van der Waals surface area (Å²) in [4.78, 5) is 157. The molecule has 2 aromatic heterocycles. The molecule has 0 amide bonds. The summed E-state index contributed by atoms with van der Waals surface area (Å²) in [6.45, 7) is 0. The summed E-state index contributed by atoms with van der Waals surface area (Å²) in [5.74, 6) is -5.27. The highest BCUT2D eigenvalue weighted by atomic mass is 80.9. The zero-order valence-corrected chi connectivity index (χ0v) is 41.8. The summed E-state index contributed by atoms with van der Waals surface area (Å²) in [5.41, 5.74) is -13.6. The number of phenols is 2. The van der Waals surface area contributed by atoms with Gasteiger partial charge in [0.1, 0.15) is 45.4 Å². The molecule has 2 spiro atoms. The fraction of sp³-hybridized carbons (Fsp3) is 0.154. The molecule has 4 aromatic rings. The van der Waals surface area contributed by atoms with E-state index < -0.39 is 153 Å². The molecule has 22 nitrogen and oxygen atoms in total. The molecule has 12 rings (SSSR count). The number of carbonyl (C=O) groups is 2. The number of aldehydes is 2. The summed E-state index contributed by atoms with van der Waals surface area (Å²) < 4.78 is 9.71. The number of phenolic OH excluding ortho intramolecular Hbond substituents is 2. The molecule has 2 heterocycles. The van der Waals surface area contributed by atoms with E-state index in [0.717, 1.165) is 26.4 Å². The van der Waals surface area contributed by atoms with Crippen LogP contribution in [0.5, 0.6) is 23.0 Å². The minimum atomic E-state index is -1.97. The summed E-state index contributed by atoms with van der Waals surface area (Å²) in [5, 5.41) is 62.3. The van der Waals surface area contributed by atoms with Crippen LogP contribution in [0.3, 0.4) is 0 Å². The Balaban J connectivity index is 0.000000167. The first-order valence-electron chi connectivity index (χ1n) is 22.2. The number of aliphatic hydroxyl groups is 4. The van der Waals surface area contributed by atoms with Gasteiger partial charge in [-0.25, -0.2) is 0 Å². The molecule has 0 radical (unpaired) electrons. The van der Waals surface area contributed by atoms with Gasteiger partial charge < -0.3 is 50.1 Å². The molecule has 2 atom stereocenters. The van der Waals surface area contributed by atoms with Crippen LogP contribution in [0.25, 0.3) is 44.6 Å². The number of halogens is 2. The fourth-order valence-electron chi connectivity index (χ4n) is 11.7. The molecule has 8 aliphatic carbocycles. The monoisotopic (exact) mass is 1160 g/mol. The van der Waals surface area contributed by atoms with Crippen LogP contribution in [0.1, 0.15) is 56.1 Å². The molecular weight excluding hydrogens is 1130 g/mol. The van der Waals surface area contributed by atoms with E-state index in [9.17, 15) is 88.2 Å². The lowest BCUT2D eigenvalue weighted by Gasteiger charge is -2.27. The normalized spacial score (nSPS) is 17.7. The number of H-pyrrole nitrogens is 2. The lowest BCUT2D eigenvalue weighted by atomic mass is 9.78. The Morgan fingerprint density at radius 3 is 1.08 bits per heavy atom. The largest absolute Gasteiger partial charge is 0.510 e. The molecule has 76 heavy (non-hydrogen) atoms. The number of carbonyl (C=O) groups excluding carboxylic acids is 2. The number of rotatable bonds is 4. The van der Waals surface area contributed by atoms with Crippen molar-refractivity contribution >= 4 is 85.4 Å². The molecule has 8 N–H and O–H groups in total. The minimum Gasteiger partial charge on any atom is -0.510 e. The SMILES string of the molecule is BrBr.COc1cc(=O)c2c(=O)c3c(c(=O)c=2c1=O)=C(O)C1(CCc2cc4cc(C=O)[nH]c(=O)c4c(O)c21)C=3O.COc1cc(=O)c2c(=O)c3c(c(=O)c=2c1=O)=C(O)C1(CCc2cc4cc(C=O)[nH]c(=O)c4c(O)c21)C=3O. The van der Waals surface area contributed by atoms with E-state index in [1.807, 2.05) is 0 Å². The number of pyridine rings is 2. The van der Waals surface area contributed by atoms with E-state index in [-0.39, 0.29) is 69.7 Å². The Kier molecular flexibility index (Phi) is 11.4. The predicted octanol–water partition coefficient (Wildman–Crippen LogP) is -1.66. The first kappa shape index (κ1) is 50.4. The maximum Gasteiger partial charge on any atom is 0.260 e. The van der Waals surface area contributed by atoms with Gasteiger partial charge in [-0.3, -0.25) is 57.5 Å². The molecule has 0 bridgehead atoms. The highest BCUT2D eigenvalue weighted by Gasteiger charge is 2.54. The Morgan fingerprint density at radius 2 is 0.776 bits per heavy atom. The molecule has 0 saturated carbocycles. The number of aryl methyl sites for hydroxylation is 2. The third kappa shape index (κ3) is 6.18. The number of aromatic amines is 2. The molecule has 0 saturated heterocycles. The van der Waals surface area contributed by atoms with Crippen molar-refractivity contribution < 1.29 is 49.7 Å². The average Bonchev–Trinajstić information content (AvgIpc) is 4.13. The van der Waals surface area contributed by atoms with E-state index in [1.165, 1.54) is 24.3 Å². The van der Waals surface area contributed by atoms with Crippen LogP contribution in [-0.2, 0) is 23.7 Å². The number of nitrogens with one attached hydrogen (secondary N) is 2. The Hall–Kier alpha value is -9.16. The molecule has 2 aromatic carbocycles. The molecule has 0 aliphatic heterocycles. The van der Waals surface area contributed by atoms with Gasteiger partial charge in [0.2, 0.25) is 32.6 Å². The van der Waals surface area contributed by atoms with Crippen LogP contribution in [-0.4, -0.2) is 67.4 Å². The number of benzene rings is 2. The van der Waals surface area contributed by atoms with E-state index >= 15 is 0 Å². The number of ether oxygens (including phenoxy) is 2. The Morgan fingerprint density at radius 1 is 0.461 bits per heavy atom. The predicted molar refractivity (Wildman–Crippen MR) is 275 cm³/mol. The van der Waals surface area contributed by atoms with Crippen LogP contribution in [0.4, 0.5) is 0 Å². The van der Waals surface area contributed by atoms with Gasteiger partial charge >= 0.3 is 0 Å². The molecule has 0 fully saturated rings. The van der Waals surface area contributed by atoms with Crippen LogP contribution in [0.15, 0.2) is 84.3 Å². The van der Waals surface area contributed by atoms with Gasteiger partial charge in [0, 0.05) is 51.5 Å². The van der Waals surface area contributed by atoms with Crippen LogP contribution >= 0.6 is 28.3 Å². The highest BCUT2D eigenvalue weighted by Crippen LogP contribution is 2.55. The second kappa shape index (κ2) is 17.2. The van der Waals surface area contributed by atoms with E-state index in [0.29, 0.717) is 23.7 Å². The van der Waals surface area contributed by atoms with Crippen molar-refractivity contribution in [3.63, 3.8) is 0 Å². The van der Waals surface area contributed by atoms with Crippen molar-refractivity contribution in [2.75, 3.05) is 14.2 Å². The van der Waals surface area contributed by atoms with Gasteiger partial charge in [0.15, 0.2) is 34.9 Å². The number of fused-ring (bicyclic) bond motifs is 8. The first-order chi connectivity index (χ1) is 36.2. The van der Waals surface area contributed by atoms with Crippen LogP contribution < -0.4 is 84.9 Å². The van der Waals surface area contributed by atoms with Gasteiger partial charge in [-0.1, -0.05) is 12.1 Å². The van der Waals surface area contributed by atoms with Gasteiger partial charge in [0.05, 0.1) is 78.1 Å². The zero-order valence-electron chi connectivity index (χ0n) is 38.6. The van der Waals surface area contributed by atoms with E-state index in [1.54, 1.807) is 0 Å². The van der Waals surface area contributed by atoms with Crippen molar-refractivity contribution in [2.45, 2.75) is 36.5 Å². The van der Waals surface area contributed by atoms with Gasteiger partial charge in [-0.15, -0.1) is 0 Å². The summed E-state index contributed by atoms with van der Waals surface area (Å²) in [6, 6.07) is 7.25. The van der Waals surface area contributed by atoms with Gasteiger partial charge in [0.25, 0.3) is 11.1 Å². The smallest absolute Gasteiger partial charge is 0.260 e. The third-order valence-electron chi connectivity index (χ3n) is 14.8. The second-order valence-corrected chi connectivity index (χ2v) is 18.1. The first-order valence-corrected chi connectivity index (χ1v) is 25.9. The van der Waals surface area contributed by atoms with Gasteiger partial charge in [-0.2, -0.15) is 0 Å². The molecule has 382 valence electrons. The maximum absolute atomic E-state index is 13.5. The fourth-order valence-corrected chi connectivity index (χ4v) is 11.7. The topological polar surface area (TPSA) is 376 Å². The number of aromatic nitrogens is 2. The van der Waals surface area contributed by atoms with Crippen molar-refractivity contribution in [3.8, 4) is 23.0 Å². The number of methoxy groups -OCH3 is 2. The lowest BCUT2D eigenvalue weighted by Crippen LogP contribution is -2.51. The highest BCUT2D eigenvalue weighted by molar-refractivity contribution is 9.93. The Labute approximate surface area is 431 Å². The summed E-state index contributed by atoms with van der Waals surface area (Å²) in [7, 11) is 2.22. The summed E-state index contributed by atoms with van der Waals surface area (Å²) >= 11 is 5.50. The van der Waals surface area contributed by atoms with E-state index in [4.69, 9.17) is 9.47 Å². The number of hydrogen-bond donors (Lipinski definition) is 8. The van der Waals surface area contributed by atoms with Gasteiger partial charge in [-0.05, 0) is 59.7 Å². The van der Waals surface area contributed by atoms with Crippen LogP contribution in [0.2, 0.25) is 0 Å². The number of aromatic hydroxyl groups is 2. The minimum absolute atomic E-state index is 0.0300. The molecule has 24 heteroatoms. The van der Waals surface area contributed by atoms with Crippen molar-refractivity contribution in [3.05, 3.63) is 214 Å². The maximum atomic E-state index is 13.5. The third-order valence-corrected chi connectivity index (χ3v) is 14.8. The zero-order chi connectivity index (χ0) is 55.1. The second-order valence-electron chi connectivity index (χ2n) is 18.1. The standard InChI is InChI=1S/2C26H15NO10.Br2/c2*1-37-12-6-11(29)14-15(19(12)30)21(32)17-16(20(14)31)23(34)26(24(17)35)3-2-8-4-9-5-10(7-28)27-25(36)13(9)22(33)18(8)26;1-2/h2*4-7,33-35H,2-3H2,1H3,(H,27,36);. The van der Waals surface area contributed by atoms with Crippen molar-refractivity contribution in [1.29, 1.82) is 0 Å². The van der Waals surface area contributed by atoms with Crippen molar-refractivity contribution in [2.24, 2.45) is 0 Å². The Bertz CT molecular complexity index is 4810.